The predicted octanol–water partition coefficient (Wildman–Crippen LogP) is 3.29. The third-order valence-electron chi connectivity index (χ3n) is 2.47. The van der Waals surface area contributed by atoms with Crippen LogP contribution in [0.15, 0.2) is 24.4 Å². The number of anilines is 1. The molecule has 0 aromatic heterocycles. The molecule has 0 bridgehead atoms. The van der Waals surface area contributed by atoms with Gasteiger partial charge in [-0.05, 0) is 25.1 Å². The van der Waals surface area contributed by atoms with Gasteiger partial charge in [-0.3, -0.25) is 10.0 Å². The molecule has 2 rings (SSSR count). The first kappa shape index (κ1) is 11.6. The van der Waals surface area contributed by atoms with Crippen LogP contribution in [0.5, 0.6) is 0 Å². The fourth-order valence-electron chi connectivity index (χ4n) is 1.56. The van der Waals surface area contributed by atoms with E-state index in [-0.39, 0.29) is 0 Å². The average molecular weight is 204 g/mol. The fraction of sp³-hybridized carbons (Fsp3) is 0.385. The Morgan fingerprint density at radius 1 is 1.07 bits per heavy atom. The molecule has 1 aliphatic heterocycles. The van der Waals surface area contributed by atoms with Crippen LogP contribution >= 0.6 is 0 Å². The van der Waals surface area contributed by atoms with Gasteiger partial charge in [0.25, 0.3) is 0 Å². The quantitative estimate of drug-likeness (QED) is 0.640. The maximum atomic E-state index is 2.20. The zero-order valence-electron chi connectivity index (χ0n) is 10.3. The highest BCUT2D eigenvalue weighted by Gasteiger charge is 2.11. The highest BCUT2D eigenvalue weighted by Crippen LogP contribution is 2.26. The Hall–Kier alpha value is -1.44. The topological polar surface area (TPSA) is 6.48 Å². The molecule has 0 radical (unpaired) electrons. The summed E-state index contributed by atoms with van der Waals surface area (Å²) in [5.74, 6) is 0. The summed E-state index contributed by atoms with van der Waals surface area (Å²) in [4.78, 5) is 0. The van der Waals surface area contributed by atoms with Crippen LogP contribution in [0.1, 0.15) is 25.0 Å². The SMILES string of the molecule is CC.Cc1ccc2c(c1)C=CN(C)N2C. The first-order valence-electron chi connectivity index (χ1n) is 5.44. The summed E-state index contributed by atoms with van der Waals surface area (Å²) in [6, 6.07) is 6.50. The second-order valence-electron chi connectivity index (χ2n) is 3.48. The lowest BCUT2D eigenvalue weighted by Gasteiger charge is -2.33. The molecule has 15 heavy (non-hydrogen) atoms. The maximum absolute atomic E-state index is 2.20. The normalized spacial score (nSPS) is 13.1. The molecule has 1 aromatic rings. The number of aryl methyl sites for hydroxylation is 1. The number of fused-ring (bicyclic) bond motifs is 1. The second-order valence-corrected chi connectivity index (χ2v) is 3.48. The number of hydrazine groups is 1. The summed E-state index contributed by atoms with van der Waals surface area (Å²) in [5, 5.41) is 4.20. The third kappa shape index (κ3) is 2.32. The van der Waals surface area contributed by atoms with E-state index in [4.69, 9.17) is 0 Å². The van der Waals surface area contributed by atoms with Gasteiger partial charge in [-0.1, -0.05) is 25.5 Å². The molecule has 1 heterocycles. The smallest absolute Gasteiger partial charge is 0.0643 e. The van der Waals surface area contributed by atoms with E-state index in [9.17, 15) is 0 Å². The number of rotatable bonds is 0. The molecule has 0 aliphatic carbocycles. The van der Waals surface area contributed by atoms with E-state index in [2.05, 4.69) is 54.5 Å². The Bertz CT molecular complexity index is 356. The van der Waals surface area contributed by atoms with E-state index < -0.39 is 0 Å². The second kappa shape index (κ2) is 4.87. The van der Waals surface area contributed by atoms with Crippen LogP contribution in [-0.2, 0) is 0 Å². The number of hydrogen-bond acceptors (Lipinski definition) is 2. The number of benzene rings is 1. The van der Waals surface area contributed by atoms with Gasteiger partial charge in [-0.2, -0.15) is 0 Å². The predicted molar refractivity (Wildman–Crippen MR) is 67.7 cm³/mol. The molecule has 0 amide bonds. The van der Waals surface area contributed by atoms with Crippen molar-refractivity contribution in [3.8, 4) is 0 Å². The summed E-state index contributed by atoms with van der Waals surface area (Å²) < 4.78 is 0. The van der Waals surface area contributed by atoms with Crippen molar-refractivity contribution >= 4 is 11.8 Å². The Morgan fingerprint density at radius 2 is 1.73 bits per heavy atom. The van der Waals surface area contributed by atoms with Crippen molar-refractivity contribution in [3.05, 3.63) is 35.5 Å². The third-order valence-corrected chi connectivity index (χ3v) is 2.47. The van der Waals surface area contributed by atoms with Gasteiger partial charge in [0.2, 0.25) is 0 Å². The Balaban J connectivity index is 0.000000531. The van der Waals surface area contributed by atoms with Gasteiger partial charge in [0.1, 0.15) is 0 Å². The van der Waals surface area contributed by atoms with Crippen molar-refractivity contribution in [2.24, 2.45) is 0 Å². The molecule has 0 unspecified atom stereocenters. The summed E-state index contributed by atoms with van der Waals surface area (Å²) in [6.45, 7) is 6.12. The van der Waals surface area contributed by atoms with Gasteiger partial charge in [-0.25, -0.2) is 0 Å². The monoisotopic (exact) mass is 204 g/mol. The standard InChI is InChI=1S/C11H14N2.C2H6/c1-9-4-5-11-10(8-9)6-7-12(2)13(11)3;1-2/h4-8H,1-3H3;1-2H3. The average Bonchev–Trinajstić information content (AvgIpc) is 2.26. The molecule has 0 N–H and O–H groups in total. The molecule has 0 atom stereocenters. The van der Waals surface area contributed by atoms with Crippen molar-refractivity contribution in [2.75, 3.05) is 19.1 Å². The van der Waals surface area contributed by atoms with E-state index >= 15 is 0 Å². The van der Waals surface area contributed by atoms with Crippen molar-refractivity contribution in [2.45, 2.75) is 20.8 Å². The van der Waals surface area contributed by atoms with Crippen molar-refractivity contribution in [1.29, 1.82) is 0 Å². The minimum Gasteiger partial charge on any atom is -0.296 e. The van der Waals surface area contributed by atoms with Crippen LogP contribution in [0, 0.1) is 6.92 Å². The van der Waals surface area contributed by atoms with Gasteiger partial charge in [-0.15, -0.1) is 0 Å². The minimum atomic E-state index is 1.26. The summed E-state index contributed by atoms with van der Waals surface area (Å²) in [7, 11) is 4.11. The lowest BCUT2D eigenvalue weighted by molar-refractivity contribution is 0.442. The van der Waals surface area contributed by atoms with Crippen molar-refractivity contribution in [3.63, 3.8) is 0 Å². The highest BCUT2D eigenvalue weighted by molar-refractivity contribution is 5.70. The van der Waals surface area contributed by atoms with Gasteiger partial charge in [0.05, 0.1) is 5.69 Å². The molecule has 2 nitrogen and oxygen atoms in total. The van der Waals surface area contributed by atoms with Crippen LogP contribution in [0.4, 0.5) is 5.69 Å². The number of hydrogen-bond donors (Lipinski definition) is 0. The van der Waals surface area contributed by atoms with Crippen LogP contribution in [-0.4, -0.2) is 19.1 Å². The van der Waals surface area contributed by atoms with Crippen molar-refractivity contribution in [1.82, 2.24) is 5.01 Å². The zero-order valence-corrected chi connectivity index (χ0v) is 10.3. The van der Waals surface area contributed by atoms with Crippen LogP contribution in [0.3, 0.4) is 0 Å². The molecular formula is C13H20N2. The maximum Gasteiger partial charge on any atom is 0.0643 e. The van der Waals surface area contributed by atoms with Crippen LogP contribution < -0.4 is 5.01 Å². The Morgan fingerprint density at radius 3 is 2.40 bits per heavy atom. The first-order chi connectivity index (χ1) is 7.18. The molecule has 1 aromatic carbocycles. The fourth-order valence-corrected chi connectivity index (χ4v) is 1.56. The van der Waals surface area contributed by atoms with E-state index in [0.29, 0.717) is 0 Å². The lowest BCUT2D eigenvalue weighted by Crippen LogP contribution is -2.34. The minimum absolute atomic E-state index is 1.26. The Labute approximate surface area is 92.8 Å². The largest absolute Gasteiger partial charge is 0.296 e. The molecule has 0 spiro atoms. The van der Waals surface area contributed by atoms with E-state index in [1.807, 2.05) is 20.9 Å². The van der Waals surface area contributed by atoms with Gasteiger partial charge in [0.15, 0.2) is 0 Å². The zero-order chi connectivity index (χ0) is 11.4. The van der Waals surface area contributed by atoms with Crippen LogP contribution in [0.2, 0.25) is 0 Å². The number of nitrogens with zero attached hydrogens (tertiary/aromatic N) is 2. The van der Waals surface area contributed by atoms with E-state index in [0.717, 1.165) is 0 Å². The lowest BCUT2D eigenvalue weighted by atomic mass is 10.1. The molecule has 2 heteroatoms. The molecule has 1 aliphatic rings. The molecule has 82 valence electrons. The summed E-state index contributed by atoms with van der Waals surface area (Å²) in [6.07, 6.45) is 4.21. The van der Waals surface area contributed by atoms with Gasteiger partial charge in [0, 0.05) is 25.9 Å². The molecule has 0 fully saturated rings. The van der Waals surface area contributed by atoms with Gasteiger partial charge < -0.3 is 0 Å². The van der Waals surface area contributed by atoms with Gasteiger partial charge >= 0.3 is 0 Å². The molecule has 0 saturated heterocycles. The first-order valence-corrected chi connectivity index (χ1v) is 5.44. The van der Waals surface area contributed by atoms with E-state index in [1.54, 1.807) is 0 Å². The summed E-state index contributed by atoms with van der Waals surface area (Å²) in [5.41, 5.74) is 3.86. The van der Waals surface area contributed by atoms with Crippen molar-refractivity contribution < 1.29 is 0 Å². The highest BCUT2D eigenvalue weighted by atomic mass is 15.6. The Kier molecular flexibility index (Phi) is 3.78. The molecule has 0 saturated carbocycles. The summed E-state index contributed by atoms with van der Waals surface area (Å²) >= 11 is 0. The van der Waals surface area contributed by atoms with Crippen LogP contribution in [0.25, 0.3) is 6.08 Å². The van der Waals surface area contributed by atoms with E-state index in [1.165, 1.54) is 16.8 Å². The molecular weight excluding hydrogens is 184 g/mol.